The topological polar surface area (TPSA) is 94.6 Å². The highest BCUT2D eigenvalue weighted by molar-refractivity contribution is 7.94. The van der Waals surface area contributed by atoms with Crippen LogP contribution in [0.2, 0.25) is 5.02 Å². The van der Waals surface area contributed by atoms with Crippen LogP contribution in [-0.4, -0.2) is 33.6 Å². The fourth-order valence-electron chi connectivity index (χ4n) is 1.92. The van der Waals surface area contributed by atoms with E-state index in [1.54, 1.807) is 0 Å². The van der Waals surface area contributed by atoms with Crippen molar-refractivity contribution in [1.82, 2.24) is 0 Å². The first kappa shape index (κ1) is 21.4. The van der Waals surface area contributed by atoms with Crippen LogP contribution < -0.4 is 0 Å². The molecule has 0 aromatic heterocycles. The normalized spacial score (nSPS) is 13.9. The van der Waals surface area contributed by atoms with E-state index >= 15 is 0 Å². The largest absolute Gasteiger partial charge is 0.523 e. The van der Waals surface area contributed by atoms with Crippen molar-refractivity contribution in [3.63, 3.8) is 0 Å². The average Bonchev–Trinajstić information content (AvgIpc) is 2.59. The van der Waals surface area contributed by atoms with E-state index in [0.29, 0.717) is 0 Å². The van der Waals surface area contributed by atoms with Crippen molar-refractivity contribution >= 4 is 37.3 Å². The highest BCUT2D eigenvalue weighted by Gasteiger charge is 2.52. The van der Waals surface area contributed by atoms with E-state index in [9.17, 15) is 34.8 Å². The lowest BCUT2D eigenvalue weighted by Gasteiger charge is -2.18. The highest BCUT2D eigenvalue weighted by Crippen LogP contribution is 2.30. The van der Waals surface area contributed by atoms with Crippen molar-refractivity contribution < 1.29 is 39.0 Å². The Morgan fingerprint density at radius 2 is 1.56 bits per heavy atom. The molecule has 0 saturated carbocycles. The van der Waals surface area contributed by atoms with Gasteiger partial charge in [0, 0.05) is 10.6 Å². The lowest BCUT2D eigenvalue weighted by Crippen LogP contribution is -2.39. The number of alkyl halides is 3. The van der Waals surface area contributed by atoms with Gasteiger partial charge in [-0.1, -0.05) is 41.9 Å². The lowest BCUT2D eigenvalue weighted by molar-refractivity contribution is -0.0544. The molecule has 0 bridgehead atoms. The molecule has 0 heterocycles. The molecule has 0 fully saturated rings. The Hall–Kier alpha value is -1.95. The maximum absolute atomic E-state index is 12.7. The van der Waals surface area contributed by atoms with Gasteiger partial charge in [0.1, 0.15) is 0 Å². The van der Waals surface area contributed by atoms with Crippen LogP contribution in [-0.2, 0) is 24.1 Å². The molecule has 146 valence electrons. The zero-order valence-electron chi connectivity index (χ0n) is 13.1. The summed E-state index contributed by atoms with van der Waals surface area (Å²) in [6, 6.07) is 10.5. The van der Waals surface area contributed by atoms with Gasteiger partial charge >= 0.3 is 15.6 Å². The minimum absolute atomic E-state index is 0.0182. The Bertz CT molecular complexity index is 1050. The van der Waals surface area contributed by atoms with Crippen LogP contribution in [0.25, 0.3) is 0 Å². The van der Waals surface area contributed by atoms with Gasteiger partial charge in [0.2, 0.25) is 21.1 Å². The molecule has 12 heteroatoms. The van der Waals surface area contributed by atoms with E-state index in [1.165, 1.54) is 30.3 Å². The predicted octanol–water partition coefficient (Wildman–Crippen LogP) is 3.19. The molecule has 27 heavy (non-hydrogen) atoms. The summed E-state index contributed by atoms with van der Waals surface area (Å²) in [6.45, 7) is 0. The van der Waals surface area contributed by atoms with Crippen LogP contribution in [0, 0.1) is 0 Å². The monoisotopic (exact) mass is 442 g/mol. The Morgan fingerprint density at radius 1 is 0.963 bits per heavy atom. The van der Waals surface area contributed by atoms with Crippen molar-refractivity contribution in [1.29, 1.82) is 0 Å². The van der Waals surface area contributed by atoms with Gasteiger partial charge in [0.25, 0.3) is 0 Å². The van der Waals surface area contributed by atoms with Crippen LogP contribution in [0.15, 0.2) is 59.5 Å². The first-order valence-corrected chi connectivity index (χ1v) is 10.3. The second-order valence-electron chi connectivity index (χ2n) is 5.06. The van der Waals surface area contributed by atoms with Crippen LogP contribution in [0.3, 0.4) is 0 Å². The second kappa shape index (κ2) is 7.58. The van der Waals surface area contributed by atoms with Gasteiger partial charge in [-0.2, -0.15) is 21.6 Å². The molecule has 0 aliphatic heterocycles. The Balaban J connectivity index is 2.61. The number of ketones is 1. The molecule has 2 aromatic carbocycles. The smallest absolute Gasteiger partial charge is 0.290 e. The Kier molecular flexibility index (Phi) is 6.00. The molecular formula is C15H10ClF3O6S2. The quantitative estimate of drug-likeness (QED) is 0.387. The van der Waals surface area contributed by atoms with Crippen molar-refractivity contribution in [3.05, 3.63) is 65.2 Å². The van der Waals surface area contributed by atoms with Crippen molar-refractivity contribution in [2.45, 2.75) is 15.8 Å². The fourth-order valence-corrected chi connectivity index (χ4v) is 4.46. The summed E-state index contributed by atoms with van der Waals surface area (Å²) in [7, 11) is -11.3. The Labute approximate surface area is 157 Å². The first-order valence-electron chi connectivity index (χ1n) is 6.94. The van der Waals surface area contributed by atoms with E-state index in [0.717, 1.165) is 24.3 Å². The number of Topliss-reactive ketones (excluding diaryl/α,β-unsaturated/α-hetero) is 1. The number of sulfone groups is 1. The van der Waals surface area contributed by atoms with Gasteiger partial charge in [-0.15, -0.1) is 0 Å². The summed E-state index contributed by atoms with van der Waals surface area (Å²) in [5, 5.41) is -0.0182. The lowest BCUT2D eigenvalue weighted by atomic mass is 10.1. The maximum Gasteiger partial charge on any atom is 0.523 e. The van der Waals surface area contributed by atoms with Gasteiger partial charge < -0.3 is 0 Å². The number of hydrogen-bond acceptors (Lipinski definition) is 6. The molecule has 0 aliphatic rings. The minimum Gasteiger partial charge on any atom is -0.290 e. The average molecular weight is 443 g/mol. The summed E-state index contributed by atoms with van der Waals surface area (Å²) in [5.74, 6) is -1.52. The zero-order chi connectivity index (χ0) is 20.5. The minimum atomic E-state index is -6.38. The predicted molar refractivity (Wildman–Crippen MR) is 89.3 cm³/mol. The molecule has 0 saturated heterocycles. The molecule has 0 N–H and O–H groups in total. The standard InChI is InChI=1S/C15H10ClF3O6S2/c16-11-6-4-5-10(9-11)13(20)14(25-27(23,24)15(17,18)19)26(21,22)12-7-2-1-3-8-12/h1-9,14H. The molecule has 0 amide bonds. The highest BCUT2D eigenvalue weighted by atomic mass is 35.5. The van der Waals surface area contributed by atoms with Gasteiger partial charge in [-0.3, -0.25) is 4.79 Å². The fraction of sp³-hybridized carbons (Fsp3) is 0.133. The SMILES string of the molecule is O=C(c1cccc(Cl)c1)C(OS(=O)(=O)C(F)(F)F)S(=O)(=O)c1ccccc1. The summed E-state index contributed by atoms with van der Waals surface area (Å²) in [5.41, 5.74) is -9.35. The molecule has 1 atom stereocenters. The summed E-state index contributed by atoms with van der Waals surface area (Å²) in [4.78, 5) is 11.9. The summed E-state index contributed by atoms with van der Waals surface area (Å²) >= 11 is 5.69. The third-order valence-corrected chi connectivity index (χ3v) is 6.35. The number of rotatable bonds is 6. The van der Waals surface area contributed by atoms with Crippen LogP contribution in [0.1, 0.15) is 10.4 Å². The van der Waals surface area contributed by atoms with E-state index in [2.05, 4.69) is 4.18 Å². The number of halogens is 4. The molecular weight excluding hydrogens is 433 g/mol. The first-order chi connectivity index (χ1) is 12.4. The van der Waals surface area contributed by atoms with E-state index < -0.39 is 47.1 Å². The number of carbonyl (C=O) groups is 1. The number of benzene rings is 2. The maximum atomic E-state index is 12.7. The molecule has 0 spiro atoms. The molecule has 0 aliphatic carbocycles. The third-order valence-electron chi connectivity index (χ3n) is 3.17. The van der Waals surface area contributed by atoms with Crippen molar-refractivity contribution in [2.24, 2.45) is 0 Å². The van der Waals surface area contributed by atoms with Crippen molar-refractivity contribution in [2.75, 3.05) is 0 Å². The summed E-state index contributed by atoms with van der Waals surface area (Å²) < 4.78 is 89.8. The van der Waals surface area contributed by atoms with Crippen LogP contribution in [0.5, 0.6) is 0 Å². The van der Waals surface area contributed by atoms with E-state index in [4.69, 9.17) is 11.6 Å². The molecule has 1 unspecified atom stereocenters. The second-order valence-corrected chi connectivity index (χ2v) is 9.05. The van der Waals surface area contributed by atoms with Crippen LogP contribution in [0.4, 0.5) is 13.2 Å². The molecule has 0 radical (unpaired) electrons. The van der Waals surface area contributed by atoms with Crippen LogP contribution >= 0.6 is 11.6 Å². The summed E-state index contributed by atoms with van der Waals surface area (Å²) in [6.07, 6.45) is 0. The number of hydrogen-bond donors (Lipinski definition) is 0. The van der Waals surface area contributed by atoms with Gasteiger partial charge in [0.05, 0.1) is 4.90 Å². The number of carbonyl (C=O) groups excluding carboxylic acids is 1. The Morgan fingerprint density at radius 3 is 2.07 bits per heavy atom. The van der Waals surface area contributed by atoms with E-state index in [1.807, 2.05) is 0 Å². The third kappa shape index (κ3) is 4.67. The molecule has 2 rings (SSSR count). The molecule has 2 aromatic rings. The van der Waals surface area contributed by atoms with Crippen molar-refractivity contribution in [3.8, 4) is 0 Å². The van der Waals surface area contributed by atoms with Gasteiger partial charge in [0.15, 0.2) is 0 Å². The van der Waals surface area contributed by atoms with Gasteiger partial charge in [-0.05, 0) is 24.3 Å². The molecule has 6 nitrogen and oxygen atoms in total. The van der Waals surface area contributed by atoms with Gasteiger partial charge in [-0.25, -0.2) is 12.6 Å². The zero-order valence-corrected chi connectivity index (χ0v) is 15.4. The van der Waals surface area contributed by atoms with E-state index in [-0.39, 0.29) is 5.02 Å².